The van der Waals surface area contributed by atoms with Crippen molar-refractivity contribution in [3.05, 3.63) is 82.5 Å². The quantitative estimate of drug-likeness (QED) is 0.386. The van der Waals surface area contributed by atoms with Gasteiger partial charge in [0.05, 0.1) is 18.4 Å². The summed E-state index contributed by atoms with van der Waals surface area (Å²) in [6.07, 6.45) is 0.214. The van der Waals surface area contributed by atoms with Crippen LogP contribution in [-0.4, -0.2) is 29.4 Å². The maximum atomic E-state index is 13.5. The van der Waals surface area contributed by atoms with E-state index in [4.69, 9.17) is 21.1 Å². The molecule has 0 spiro atoms. The van der Waals surface area contributed by atoms with Crippen molar-refractivity contribution in [3.8, 4) is 28.3 Å². The minimum absolute atomic E-state index is 0.110. The number of rotatable bonds is 5. The number of methoxy groups -OCH3 is 1. The summed E-state index contributed by atoms with van der Waals surface area (Å²) in [7, 11) is 1.45. The normalized spacial score (nSPS) is 11.5. The van der Waals surface area contributed by atoms with E-state index in [2.05, 4.69) is 4.98 Å². The fraction of sp³-hybridized carbons (Fsp3) is 0.130. The van der Waals surface area contributed by atoms with Crippen molar-refractivity contribution in [2.45, 2.75) is 6.18 Å². The number of halogens is 4. The first-order valence-corrected chi connectivity index (χ1v) is 9.78. The number of benzene rings is 2. The van der Waals surface area contributed by atoms with Crippen LogP contribution < -0.4 is 15.0 Å². The third-order valence-electron chi connectivity index (χ3n) is 4.75. The van der Waals surface area contributed by atoms with E-state index in [1.54, 1.807) is 18.5 Å². The molecule has 0 unspecified atom stereocenters. The van der Waals surface area contributed by atoms with Gasteiger partial charge in [0.2, 0.25) is 0 Å². The molecule has 0 saturated heterocycles. The maximum Gasteiger partial charge on any atom is 0.422 e. The van der Waals surface area contributed by atoms with Crippen molar-refractivity contribution in [2.24, 2.45) is 0 Å². The Morgan fingerprint density at radius 2 is 1.88 bits per heavy atom. The minimum Gasteiger partial charge on any atom is -0.496 e. The van der Waals surface area contributed by atoms with E-state index in [-0.39, 0.29) is 22.0 Å². The van der Waals surface area contributed by atoms with Crippen LogP contribution in [0.25, 0.3) is 27.6 Å². The highest BCUT2D eigenvalue weighted by atomic mass is 35.5. The summed E-state index contributed by atoms with van der Waals surface area (Å²) in [5, 5.41) is 1.76. The minimum atomic E-state index is -4.51. The highest BCUT2D eigenvalue weighted by Crippen LogP contribution is 2.32. The summed E-state index contributed by atoms with van der Waals surface area (Å²) in [5.74, 6) is 0.223. The van der Waals surface area contributed by atoms with Gasteiger partial charge in [0.1, 0.15) is 11.5 Å². The molecule has 0 radical (unpaired) electrons. The van der Waals surface area contributed by atoms with Crippen LogP contribution in [0.4, 0.5) is 13.2 Å². The number of fused-ring (bicyclic) bond motifs is 1. The molecule has 32 heavy (non-hydrogen) atoms. The SMILES string of the molecule is COc1ccn(-c2cc(Cl)cc(OCC(F)(F)F)c2)c(=O)c1-c1cncc2ccccc12. The number of hydrogen-bond acceptors (Lipinski definition) is 4. The molecular formula is C23H16ClF3N2O3. The molecular weight excluding hydrogens is 445 g/mol. The first-order chi connectivity index (χ1) is 15.3. The van der Waals surface area contributed by atoms with Gasteiger partial charge in [-0.1, -0.05) is 35.9 Å². The van der Waals surface area contributed by atoms with E-state index >= 15 is 0 Å². The van der Waals surface area contributed by atoms with Crippen LogP contribution in [-0.2, 0) is 0 Å². The average molecular weight is 461 g/mol. The van der Waals surface area contributed by atoms with Gasteiger partial charge in [0.25, 0.3) is 5.56 Å². The third-order valence-corrected chi connectivity index (χ3v) is 4.97. The van der Waals surface area contributed by atoms with Crippen molar-refractivity contribution in [2.75, 3.05) is 13.7 Å². The van der Waals surface area contributed by atoms with E-state index in [1.807, 2.05) is 24.3 Å². The van der Waals surface area contributed by atoms with Crippen molar-refractivity contribution < 1.29 is 22.6 Å². The highest BCUT2D eigenvalue weighted by Gasteiger charge is 2.28. The van der Waals surface area contributed by atoms with E-state index < -0.39 is 18.3 Å². The Morgan fingerprint density at radius 1 is 1.09 bits per heavy atom. The molecule has 2 heterocycles. The van der Waals surface area contributed by atoms with Crippen LogP contribution >= 0.6 is 11.6 Å². The van der Waals surface area contributed by atoms with Crippen molar-refractivity contribution in [1.82, 2.24) is 9.55 Å². The average Bonchev–Trinajstić information content (AvgIpc) is 2.76. The molecule has 0 atom stereocenters. The Morgan fingerprint density at radius 3 is 2.62 bits per heavy atom. The second kappa shape index (κ2) is 8.55. The lowest BCUT2D eigenvalue weighted by Gasteiger charge is -2.15. The number of ether oxygens (including phenoxy) is 2. The summed E-state index contributed by atoms with van der Waals surface area (Å²) in [5.41, 5.74) is 0.621. The molecule has 0 saturated carbocycles. The Hall–Kier alpha value is -3.52. The lowest BCUT2D eigenvalue weighted by Crippen LogP contribution is -2.21. The lowest BCUT2D eigenvalue weighted by molar-refractivity contribution is -0.153. The third kappa shape index (κ3) is 4.40. The smallest absolute Gasteiger partial charge is 0.422 e. The zero-order chi connectivity index (χ0) is 22.9. The molecule has 164 valence electrons. The van der Waals surface area contributed by atoms with Gasteiger partial charge in [0.15, 0.2) is 6.61 Å². The van der Waals surface area contributed by atoms with Crippen LogP contribution in [0.2, 0.25) is 5.02 Å². The van der Waals surface area contributed by atoms with Crippen molar-refractivity contribution in [1.29, 1.82) is 0 Å². The zero-order valence-corrected chi connectivity index (χ0v) is 17.4. The van der Waals surface area contributed by atoms with Crippen LogP contribution in [0.5, 0.6) is 11.5 Å². The van der Waals surface area contributed by atoms with Crippen LogP contribution in [0.1, 0.15) is 0 Å². The van der Waals surface area contributed by atoms with Crippen LogP contribution in [0, 0.1) is 0 Å². The molecule has 2 aromatic carbocycles. The number of nitrogens with zero attached hydrogens (tertiary/aromatic N) is 2. The highest BCUT2D eigenvalue weighted by molar-refractivity contribution is 6.30. The molecule has 0 aliphatic carbocycles. The maximum absolute atomic E-state index is 13.5. The Kier molecular flexibility index (Phi) is 5.80. The molecule has 0 N–H and O–H groups in total. The lowest BCUT2D eigenvalue weighted by atomic mass is 10.0. The molecule has 0 bridgehead atoms. The summed E-state index contributed by atoms with van der Waals surface area (Å²) in [6.45, 7) is -1.47. The largest absolute Gasteiger partial charge is 0.496 e. The van der Waals surface area contributed by atoms with Gasteiger partial charge < -0.3 is 9.47 Å². The second-order valence-electron chi connectivity index (χ2n) is 6.89. The molecule has 4 aromatic rings. The summed E-state index contributed by atoms with van der Waals surface area (Å²) in [4.78, 5) is 17.8. The standard InChI is InChI=1S/C23H16ClF3N2O3/c1-31-20-6-7-29(16-8-15(24)9-17(10-16)32-13-23(25,26)27)22(30)21(20)19-12-28-11-14-4-2-3-5-18(14)19/h2-12H,13H2,1H3. The summed E-state index contributed by atoms with van der Waals surface area (Å²) in [6, 6.07) is 13.1. The molecule has 4 rings (SSSR count). The fourth-order valence-electron chi connectivity index (χ4n) is 3.39. The number of alkyl halides is 3. The van der Waals surface area contributed by atoms with Gasteiger partial charge in [-0.25, -0.2) is 0 Å². The predicted octanol–water partition coefficient (Wildman–Crippen LogP) is 5.66. The zero-order valence-electron chi connectivity index (χ0n) is 16.7. The Labute approximate surface area is 185 Å². The van der Waals surface area contributed by atoms with Crippen LogP contribution in [0.3, 0.4) is 0 Å². The molecule has 0 fully saturated rings. The van der Waals surface area contributed by atoms with Gasteiger partial charge in [-0.05, 0) is 23.6 Å². The second-order valence-corrected chi connectivity index (χ2v) is 7.33. The van der Waals surface area contributed by atoms with E-state index in [9.17, 15) is 18.0 Å². The van der Waals surface area contributed by atoms with E-state index in [0.717, 1.165) is 10.8 Å². The number of pyridine rings is 2. The molecule has 2 aromatic heterocycles. The van der Waals surface area contributed by atoms with Gasteiger partial charge >= 0.3 is 6.18 Å². The Bertz CT molecular complexity index is 1350. The molecule has 0 aliphatic heterocycles. The van der Waals surface area contributed by atoms with Crippen molar-refractivity contribution >= 4 is 22.4 Å². The first kappa shape index (κ1) is 21.7. The van der Waals surface area contributed by atoms with E-state index in [1.165, 1.54) is 36.1 Å². The van der Waals surface area contributed by atoms with Crippen molar-refractivity contribution in [3.63, 3.8) is 0 Å². The van der Waals surface area contributed by atoms with Gasteiger partial charge in [-0.15, -0.1) is 0 Å². The monoisotopic (exact) mass is 460 g/mol. The number of aromatic nitrogens is 2. The van der Waals surface area contributed by atoms with Crippen LogP contribution in [0.15, 0.2) is 71.9 Å². The molecule has 0 aliphatic rings. The van der Waals surface area contributed by atoms with E-state index in [0.29, 0.717) is 11.3 Å². The molecule has 5 nitrogen and oxygen atoms in total. The first-order valence-electron chi connectivity index (χ1n) is 9.40. The fourth-order valence-corrected chi connectivity index (χ4v) is 3.61. The molecule has 0 amide bonds. The Balaban J connectivity index is 1.88. The summed E-state index contributed by atoms with van der Waals surface area (Å²) < 4.78 is 49.2. The van der Waals surface area contributed by atoms with Gasteiger partial charge in [0, 0.05) is 40.6 Å². The molecule has 9 heteroatoms. The number of hydrogen-bond donors (Lipinski definition) is 0. The predicted molar refractivity (Wildman–Crippen MR) is 116 cm³/mol. The van der Waals surface area contributed by atoms with Gasteiger partial charge in [-0.3, -0.25) is 14.3 Å². The summed E-state index contributed by atoms with van der Waals surface area (Å²) >= 11 is 6.08. The topological polar surface area (TPSA) is 53.4 Å². The van der Waals surface area contributed by atoms with Gasteiger partial charge in [-0.2, -0.15) is 13.2 Å².